The maximum atomic E-state index is 5.78. The quantitative estimate of drug-likeness (QED) is 0.453. The van der Waals surface area contributed by atoms with Crippen LogP contribution < -0.4 is 16.5 Å². The first-order valence-corrected chi connectivity index (χ1v) is 6.30. The molecule has 2 heterocycles. The standard InChI is InChI=1S/C13H14N6S/c1-9(11-4-2-3-6-16-11)18-19-13(20)17-12-8-15-7-5-10(12)14/h2-8H,1H3,(H2,14,15)(H2,17,19,20)/b18-9+. The molecule has 0 unspecified atom stereocenters. The molecule has 0 atom stereocenters. The average molecular weight is 286 g/mol. The summed E-state index contributed by atoms with van der Waals surface area (Å²) in [4.78, 5) is 8.16. The third kappa shape index (κ3) is 3.72. The molecule has 0 saturated heterocycles. The number of hydrogen-bond acceptors (Lipinski definition) is 5. The molecule has 0 spiro atoms. The highest BCUT2D eigenvalue weighted by Crippen LogP contribution is 2.14. The van der Waals surface area contributed by atoms with Crippen LogP contribution in [0.3, 0.4) is 0 Å². The number of anilines is 2. The lowest BCUT2D eigenvalue weighted by molar-refractivity contribution is 1.03. The van der Waals surface area contributed by atoms with Gasteiger partial charge < -0.3 is 11.1 Å². The van der Waals surface area contributed by atoms with E-state index in [0.717, 1.165) is 11.4 Å². The van der Waals surface area contributed by atoms with Gasteiger partial charge in [0, 0.05) is 12.4 Å². The van der Waals surface area contributed by atoms with Crippen LogP contribution in [0.4, 0.5) is 11.4 Å². The zero-order chi connectivity index (χ0) is 14.4. The molecule has 6 nitrogen and oxygen atoms in total. The van der Waals surface area contributed by atoms with E-state index in [1.807, 2.05) is 25.1 Å². The van der Waals surface area contributed by atoms with Crippen molar-refractivity contribution in [3.63, 3.8) is 0 Å². The van der Waals surface area contributed by atoms with E-state index in [1.54, 1.807) is 24.7 Å². The number of pyridine rings is 2. The third-order valence-electron chi connectivity index (χ3n) is 2.46. The Morgan fingerprint density at radius 2 is 2.15 bits per heavy atom. The highest BCUT2D eigenvalue weighted by atomic mass is 32.1. The van der Waals surface area contributed by atoms with E-state index < -0.39 is 0 Å². The minimum absolute atomic E-state index is 0.333. The molecule has 0 fully saturated rings. The number of thiocarbonyl (C=S) groups is 1. The third-order valence-corrected chi connectivity index (χ3v) is 2.66. The lowest BCUT2D eigenvalue weighted by Crippen LogP contribution is -2.25. The van der Waals surface area contributed by atoms with Gasteiger partial charge in [0.15, 0.2) is 5.11 Å². The summed E-state index contributed by atoms with van der Waals surface area (Å²) in [5, 5.41) is 7.42. The van der Waals surface area contributed by atoms with Gasteiger partial charge in [-0.1, -0.05) is 6.07 Å². The summed E-state index contributed by atoms with van der Waals surface area (Å²) in [6, 6.07) is 7.30. The van der Waals surface area contributed by atoms with Crippen LogP contribution in [0.2, 0.25) is 0 Å². The molecule has 2 aromatic rings. The predicted octanol–water partition coefficient (Wildman–Crippen LogP) is 1.77. The first-order valence-electron chi connectivity index (χ1n) is 5.89. The van der Waals surface area contributed by atoms with E-state index in [1.165, 1.54) is 0 Å². The summed E-state index contributed by atoms with van der Waals surface area (Å²) in [6.07, 6.45) is 4.92. The van der Waals surface area contributed by atoms with Crippen molar-refractivity contribution in [3.05, 3.63) is 48.5 Å². The van der Waals surface area contributed by atoms with Gasteiger partial charge in [0.2, 0.25) is 0 Å². The van der Waals surface area contributed by atoms with Gasteiger partial charge >= 0.3 is 0 Å². The summed E-state index contributed by atoms with van der Waals surface area (Å²) < 4.78 is 0. The number of nitrogens with one attached hydrogen (secondary N) is 2. The Morgan fingerprint density at radius 3 is 2.85 bits per heavy atom. The average Bonchev–Trinajstić information content (AvgIpc) is 2.48. The van der Waals surface area contributed by atoms with Crippen molar-refractivity contribution < 1.29 is 0 Å². The van der Waals surface area contributed by atoms with Gasteiger partial charge in [-0.3, -0.25) is 15.4 Å². The fourth-order valence-corrected chi connectivity index (χ4v) is 1.58. The van der Waals surface area contributed by atoms with Gasteiger partial charge in [-0.2, -0.15) is 5.10 Å². The van der Waals surface area contributed by atoms with Crippen molar-refractivity contribution >= 4 is 34.4 Å². The Hall–Kier alpha value is -2.54. The molecule has 20 heavy (non-hydrogen) atoms. The van der Waals surface area contributed by atoms with Crippen molar-refractivity contribution in [2.75, 3.05) is 11.1 Å². The Bertz CT molecular complexity index is 626. The number of nitrogens with zero attached hydrogens (tertiary/aromatic N) is 3. The lowest BCUT2D eigenvalue weighted by atomic mass is 10.3. The predicted molar refractivity (Wildman–Crippen MR) is 84.5 cm³/mol. The summed E-state index contributed by atoms with van der Waals surface area (Å²) in [7, 11) is 0. The summed E-state index contributed by atoms with van der Waals surface area (Å²) in [5.74, 6) is 0. The molecule has 2 aromatic heterocycles. The highest BCUT2D eigenvalue weighted by Gasteiger charge is 2.01. The van der Waals surface area contributed by atoms with Gasteiger partial charge in [0.05, 0.1) is 29.0 Å². The molecular formula is C13H14N6S. The van der Waals surface area contributed by atoms with Crippen molar-refractivity contribution in [2.24, 2.45) is 5.10 Å². The second-order valence-electron chi connectivity index (χ2n) is 3.94. The molecule has 0 aliphatic heterocycles. The van der Waals surface area contributed by atoms with Crippen LogP contribution in [-0.4, -0.2) is 20.8 Å². The van der Waals surface area contributed by atoms with E-state index in [-0.39, 0.29) is 0 Å². The number of nitrogen functional groups attached to an aromatic ring is 1. The molecular weight excluding hydrogens is 272 g/mol. The number of hydrogen-bond donors (Lipinski definition) is 3. The van der Waals surface area contributed by atoms with Crippen molar-refractivity contribution in [2.45, 2.75) is 6.92 Å². The second kappa shape index (κ2) is 6.58. The van der Waals surface area contributed by atoms with Gasteiger partial charge in [-0.05, 0) is 37.3 Å². The lowest BCUT2D eigenvalue weighted by Gasteiger charge is -2.09. The number of nitrogens with two attached hydrogens (primary N) is 1. The Morgan fingerprint density at radius 1 is 1.30 bits per heavy atom. The van der Waals surface area contributed by atoms with Crippen LogP contribution in [0.15, 0.2) is 48.0 Å². The second-order valence-corrected chi connectivity index (χ2v) is 4.35. The van der Waals surface area contributed by atoms with E-state index >= 15 is 0 Å². The van der Waals surface area contributed by atoms with Crippen LogP contribution in [0.25, 0.3) is 0 Å². The van der Waals surface area contributed by atoms with Crippen LogP contribution >= 0.6 is 12.2 Å². The monoisotopic (exact) mass is 286 g/mol. The zero-order valence-corrected chi connectivity index (χ0v) is 11.7. The summed E-state index contributed by atoms with van der Waals surface area (Å²) in [6.45, 7) is 1.84. The highest BCUT2D eigenvalue weighted by molar-refractivity contribution is 7.80. The molecule has 0 saturated carbocycles. The van der Waals surface area contributed by atoms with Crippen molar-refractivity contribution in [1.29, 1.82) is 0 Å². The normalized spacial score (nSPS) is 10.9. The van der Waals surface area contributed by atoms with Crippen LogP contribution in [0.5, 0.6) is 0 Å². The largest absolute Gasteiger partial charge is 0.397 e. The Balaban J connectivity index is 1.97. The van der Waals surface area contributed by atoms with Crippen molar-refractivity contribution in [3.8, 4) is 0 Å². The number of rotatable bonds is 3. The minimum Gasteiger partial charge on any atom is -0.397 e. The van der Waals surface area contributed by atoms with Crippen LogP contribution in [0.1, 0.15) is 12.6 Å². The molecule has 0 radical (unpaired) electrons. The van der Waals surface area contributed by atoms with Crippen molar-refractivity contribution in [1.82, 2.24) is 15.4 Å². The number of hydrazone groups is 1. The van der Waals surface area contributed by atoms with E-state index in [4.69, 9.17) is 18.0 Å². The Labute approximate surface area is 122 Å². The van der Waals surface area contributed by atoms with Gasteiger partial charge in [-0.15, -0.1) is 0 Å². The number of aromatic nitrogens is 2. The fraction of sp³-hybridized carbons (Fsp3) is 0.0769. The molecule has 0 bridgehead atoms. The molecule has 0 aliphatic rings. The summed E-state index contributed by atoms with van der Waals surface area (Å²) >= 11 is 5.13. The molecule has 2 rings (SSSR count). The topological polar surface area (TPSA) is 88.2 Å². The maximum absolute atomic E-state index is 5.78. The zero-order valence-electron chi connectivity index (χ0n) is 10.9. The fourth-order valence-electron chi connectivity index (χ4n) is 1.43. The minimum atomic E-state index is 0.333. The van der Waals surface area contributed by atoms with Gasteiger partial charge in [0.25, 0.3) is 0 Å². The summed E-state index contributed by atoms with van der Waals surface area (Å²) in [5.41, 5.74) is 11.2. The molecule has 0 amide bonds. The maximum Gasteiger partial charge on any atom is 0.191 e. The van der Waals surface area contributed by atoms with E-state index in [2.05, 4.69) is 25.8 Å². The first kappa shape index (κ1) is 13.9. The molecule has 0 aromatic carbocycles. The van der Waals surface area contributed by atoms with Crippen LogP contribution in [0, 0.1) is 0 Å². The first-order chi connectivity index (χ1) is 9.66. The van der Waals surface area contributed by atoms with Gasteiger partial charge in [-0.25, -0.2) is 0 Å². The smallest absolute Gasteiger partial charge is 0.191 e. The molecule has 0 aliphatic carbocycles. The van der Waals surface area contributed by atoms with E-state index in [9.17, 15) is 0 Å². The van der Waals surface area contributed by atoms with E-state index in [0.29, 0.717) is 16.5 Å². The van der Waals surface area contributed by atoms with Crippen LogP contribution in [-0.2, 0) is 0 Å². The molecule has 7 heteroatoms. The molecule has 102 valence electrons. The Kier molecular flexibility index (Phi) is 4.56. The van der Waals surface area contributed by atoms with Gasteiger partial charge in [0.1, 0.15) is 0 Å². The molecule has 4 N–H and O–H groups in total. The SMILES string of the molecule is C/C(=N\NC(=S)Nc1cnccc1N)c1ccccn1.